The fraction of sp³-hybridized carbons (Fsp3) is 0.800. The van der Waals surface area contributed by atoms with Gasteiger partial charge in [0.05, 0.1) is 26.4 Å². The van der Waals surface area contributed by atoms with Gasteiger partial charge in [-0.05, 0) is 11.6 Å². The maximum Gasteiger partial charge on any atom is 0.316 e. The summed E-state index contributed by atoms with van der Waals surface area (Å²) in [6.45, 7) is 4.97. The van der Waals surface area contributed by atoms with Crippen LogP contribution in [0.1, 0.15) is 0 Å². The standard InChI is InChI=1S/C5H8ClNO2.C5H10N2O2/c2*6-5(8)7-1-3-9-4-2-7/h1-4H2;1-4H2,(H2,6,8). The Kier molecular flexibility index (Phi) is 6.77. The van der Waals surface area contributed by atoms with E-state index in [0.717, 1.165) is 0 Å². The first-order valence-corrected chi connectivity index (χ1v) is 6.13. The van der Waals surface area contributed by atoms with Gasteiger partial charge in [-0.25, -0.2) is 4.79 Å². The van der Waals surface area contributed by atoms with E-state index in [9.17, 15) is 9.59 Å². The first-order valence-electron chi connectivity index (χ1n) is 5.75. The van der Waals surface area contributed by atoms with Gasteiger partial charge in [0, 0.05) is 26.2 Å². The fourth-order valence-corrected chi connectivity index (χ4v) is 1.69. The van der Waals surface area contributed by atoms with E-state index in [0.29, 0.717) is 52.6 Å². The van der Waals surface area contributed by atoms with Crippen molar-refractivity contribution in [3.63, 3.8) is 0 Å². The van der Waals surface area contributed by atoms with Crippen LogP contribution >= 0.6 is 11.6 Å². The first kappa shape index (κ1) is 15.0. The van der Waals surface area contributed by atoms with Gasteiger partial charge in [0.25, 0.3) is 0 Å². The van der Waals surface area contributed by atoms with Crippen molar-refractivity contribution < 1.29 is 19.1 Å². The second-order valence-electron chi connectivity index (χ2n) is 3.79. The average Bonchev–Trinajstić information content (AvgIpc) is 2.41. The Morgan fingerprint density at radius 1 is 0.889 bits per heavy atom. The predicted molar refractivity (Wildman–Crippen MR) is 65.6 cm³/mol. The molecule has 0 unspecified atom stereocenters. The van der Waals surface area contributed by atoms with Gasteiger partial charge in [-0.15, -0.1) is 0 Å². The molecule has 0 atom stereocenters. The fourth-order valence-electron chi connectivity index (χ4n) is 1.52. The average molecular weight is 280 g/mol. The lowest BCUT2D eigenvalue weighted by Gasteiger charge is -2.24. The summed E-state index contributed by atoms with van der Waals surface area (Å²) in [5.41, 5.74) is 5.00. The van der Waals surface area contributed by atoms with Crippen LogP contribution in [0.5, 0.6) is 0 Å². The third kappa shape index (κ3) is 5.52. The minimum Gasteiger partial charge on any atom is -0.378 e. The lowest BCUT2D eigenvalue weighted by atomic mass is 10.4. The molecule has 2 aliphatic heterocycles. The number of morpholine rings is 2. The van der Waals surface area contributed by atoms with Crippen LogP contribution in [0.2, 0.25) is 0 Å². The summed E-state index contributed by atoms with van der Waals surface area (Å²) in [6, 6.07) is -0.349. The predicted octanol–water partition coefficient (Wildman–Crippen LogP) is 0.0747. The van der Waals surface area contributed by atoms with Crippen molar-refractivity contribution in [3.8, 4) is 0 Å². The monoisotopic (exact) mass is 279 g/mol. The molecule has 0 aromatic heterocycles. The molecule has 0 saturated carbocycles. The second kappa shape index (κ2) is 8.12. The summed E-state index contributed by atoms with van der Waals surface area (Å²) in [7, 11) is 0. The molecule has 104 valence electrons. The van der Waals surface area contributed by atoms with Crippen LogP contribution < -0.4 is 5.73 Å². The van der Waals surface area contributed by atoms with Gasteiger partial charge in [-0.3, -0.25) is 4.79 Å². The van der Waals surface area contributed by atoms with Crippen molar-refractivity contribution >= 4 is 23.0 Å². The molecule has 0 aromatic rings. The number of primary amides is 1. The van der Waals surface area contributed by atoms with Gasteiger partial charge in [-0.2, -0.15) is 0 Å². The Morgan fingerprint density at radius 3 is 1.50 bits per heavy atom. The molecule has 2 rings (SSSR count). The molecule has 18 heavy (non-hydrogen) atoms. The first-order chi connectivity index (χ1) is 8.61. The zero-order valence-electron chi connectivity index (χ0n) is 10.1. The third-order valence-corrected chi connectivity index (χ3v) is 2.82. The summed E-state index contributed by atoms with van der Waals surface area (Å²) >= 11 is 5.19. The van der Waals surface area contributed by atoms with Gasteiger partial charge >= 0.3 is 11.4 Å². The molecule has 8 heteroatoms. The van der Waals surface area contributed by atoms with Gasteiger partial charge in [0.1, 0.15) is 0 Å². The summed E-state index contributed by atoms with van der Waals surface area (Å²) < 4.78 is 10.00. The number of rotatable bonds is 0. The number of halogens is 1. The number of hydrogen-bond acceptors (Lipinski definition) is 4. The topological polar surface area (TPSA) is 85.1 Å². The summed E-state index contributed by atoms with van der Waals surface area (Å²) in [6.07, 6.45) is 0. The molecule has 2 N–H and O–H groups in total. The van der Waals surface area contributed by atoms with Crippen molar-refractivity contribution in [1.82, 2.24) is 9.80 Å². The van der Waals surface area contributed by atoms with Crippen LogP contribution in [0.25, 0.3) is 0 Å². The van der Waals surface area contributed by atoms with Crippen LogP contribution in [-0.2, 0) is 9.47 Å². The van der Waals surface area contributed by atoms with Gasteiger partial charge in [0.2, 0.25) is 0 Å². The smallest absolute Gasteiger partial charge is 0.316 e. The molecule has 0 aliphatic carbocycles. The van der Waals surface area contributed by atoms with Gasteiger partial charge in [-0.1, -0.05) is 0 Å². The van der Waals surface area contributed by atoms with E-state index >= 15 is 0 Å². The number of hydrogen-bond donors (Lipinski definition) is 1. The van der Waals surface area contributed by atoms with Crippen LogP contribution in [0, 0.1) is 0 Å². The van der Waals surface area contributed by atoms with Crippen molar-refractivity contribution in [3.05, 3.63) is 0 Å². The SMILES string of the molecule is NC(=O)N1CCOCC1.O=C(Cl)N1CCOCC1. The molecule has 2 saturated heterocycles. The maximum absolute atomic E-state index is 10.4. The molecule has 0 bridgehead atoms. The molecule has 7 nitrogen and oxygen atoms in total. The van der Waals surface area contributed by atoms with Gasteiger partial charge < -0.3 is 25.0 Å². The van der Waals surface area contributed by atoms with Crippen LogP contribution in [0.4, 0.5) is 9.59 Å². The molecule has 0 aromatic carbocycles. The van der Waals surface area contributed by atoms with Crippen molar-refractivity contribution in [2.24, 2.45) is 5.73 Å². The Morgan fingerprint density at radius 2 is 1.28 bits per heavy atom. The third-order valence-electron chi connectivity index (χ3n) is 2.58. The minimum absolute atomic E-state index is 0.349. The highest BCUT2D eigenvalue weighted by Crippen LogP contribution is 2.00. The number of carbonyl (C=O) groups excluding carboxylic acids is 2. The molecule has 0 spiro atoms. The molecule has 2 aliphatic rings. The van der Waals surface area contributed by atoms with E-state index in [1.807, 2.05) is 0 Å². The normalized spacial score (nSPS) is 19.8. The van der Waals surface area contributed by atoms with E-state index in [1.54, 1.807) is 9.80 Å². The molecule has 2 heterocycles. The zero-order chi connectivity index (χ0) is 13.4. The molecule has 2 fully saturated rings. The summed E-state index contributed by atoms with van der Waals surface area (Å²) in [4.78, 5) is 24.0. The summed E-state index contributed by atoms with van der Waals surface area (Å²) in [5, 5.41) is -0.377. The lowest BCUT2D eigenvalue weighted by Crippen LogP contribution is -2.43. The quantitative estimate of drug-likeness (QED) is 0.502. The van der Waals surface area contributed by atoms with E-state index in [-0.39, 0.29) is 11.4 Å². The Balaban J connectivity index is 0.000000180. The molecular formula is C10H18ClN3O4. The number of urea groups is 1. The number of ether oxygens (including phenoxy) is 2. The largest absolute Gasteiger partial charge is 0.378 e. The second-order valence-corrected chi connectivity index (χ2v) is 4.11. The van der Waals surface area contributed by atoms with Gasteiger partial charge in [0.15, 0.2) is 0 Å². The highest BCUT2D eigenvalue weighted by atomic mass is 35.5. The number of carbonyl (C=O) groups is 2. The highest BCUT2D eigenvalue weighted by molar-refractivity contribution is 6.62. The molecule has 0 radical (unpaired) electrons. The van der Waals surface area contributed by atoms with Crippen molar-refractivity contribution in [2.75, 3.05) is 52.6 Å². The lowest BCUT2D eigenvalue weighted by molar-refractivity contribution is 0.0554. The highest BCUT2D eigenvalue weighted by Gasteiger charge is 2.13. The number of nitrogens with zero attached hydrogens (tertiary/aromatic N) is 2. The minimum atomic E-state index is -0.377. The van der Waals surface area contributed by atoms with Crippen molar-refractivity contribution in [1.29, 1.82) is 0 Å². The van der Waals surface area contributed by atoms with Crippen LogP contribution in [0.3, 0.4) is 0 Å². The zero-order valence-corrected chi connectivity index (χ0v) is 10.9. The Hall–Kier alpha value is -1.05. The van der Waals surface area contributed by atoms with Crippen LogP contribution in [-0.4, -0.2) is 73.8 Å². The Labute approximate surface area is 111 Å². The van der Waals surface area contributed by atoms with Crippen LogP contribution in [0.15, 0.2) is 0 Å². The summed E-state index contributed by atoms with van der Waals surface area (Å²) in [5.74, 6) is 0. The number of nitrogens with two attached hydrogens (primary N) is 1. The molecular weight excluding hydrogens is 262 g/mol. The molecule has 3 amide bonds. The Bertz CT molecular complexity index is 250. The van der Waals surface area contributed by atoms with E-state index in [1.165, 1.54) is 0 Å². The van der Waals surface area contributed by atoms with E-state index < -0.39 is 0 Å². The van der Waals surface area contributed by atoms with Crippen molar-refractivity contribution in [2.45, 2.75) is 0 Å². The number of amides is 3. The van der Waals surface area contributed by atoms with E-state index in [2.05, 4.69) is 0 Å². The maximum atomic E-state index is 10.4. The van der Waals surface area contributed by atoms with E-state index in [4.69, 9.17) is 26.8 Å².